The van der Waals surface area contributed by atoms with Crippen molar-refractivity contribution in [3.8, 4) is 11.4 Å². The summed E-state index contributed by atoms with van der Waals surface area (Å²) in [6, 6.07) is 8.03. The van der Waals surface area contributed by atoms with Gasteiger partial charge in [-0.15, -0.1) is 0 Å². The molecule has 1 aromatic carbocycles. The minimum Gasteiger partial charge on any atom is -0.359 e. The number of H-pyrrole nitrogens is 1. The molecule has 9 heteroatoms. The van der Waals surface area contributed by atoms with Gasteiger partial charge in [0.25, 0.3) is 0 Å². The van der Waals surface area contributed by atoms with Gasteiger partial charge in [-0.25, -0.2) is 19.3 Å². The van der Waals surface area contributed by atoms with E-state index in [1.54, 1.807) is 18.3 Å². The zero-order valence-electron chi connectivity index (χ0n) is 18.4. The summed E-state index contributed by atoms with van der Waals surface area (Å²) in [6.45, 7) is 5.77. The number of hydrogen-bond donors (Lipinski definition) is 3. The van der Waals surface area contributed by atoms with E-state index >= 15 is 0 Å². The van der Waals surface area contributed by atoms with Gasteiger partial charge in [0.05, 0.1) is 23.3 Å². The molecule has 0 spiro atoms. The normalized spacial score (nSPS) is 14.1. The lowest BCUT2D eigenvalue weighted by Crippen LogP contribution is -2.47. The van der Waals surface area contributed by atoms with Crippen LogP contribution in [0.5, 0.6) is 0 Å². The Kier molecular flexibility index (Phi) is 5.37. The zero-order chi connectivity index (χ0) is 22.9. The molecule has 1 aliphatic rings. The molecule has 1 aliphatic heterocycles. The van der Waals surface area contributed by atoms with Crippen molar-refractivity contribution < 1.29 is 9.18 Å². The number of fused-ring (bicyclic) bond motifs is 1. The molecular formula is C24H24FN7O. The second-order valence-electron chi connectivity index (χ2n) is 8.31. The van der Waals surface area contributed by atoms with Gasteiger partial charge in [-0.1, -0.05) is 13.8 Å². The fourth-order valence-corrected chi connectivity index (χ4v) is 4.02. The van der Waals surface area contributed by atoms with E-state index in [9.17, 15) is 9.18 Å². The molecule has 4 heterocycles. The summed E-state index contributed by atoms with van der Waals surface area (Å²) in [6.07, 6.45) is 5.42. The van der Waals surface area contributed by atoms with Crippen LogP contribution in [0.3, 0.4) is 0 Å². The third-order valence-corrected chi connectivity index (χ3v) is 5.73. The van der Waals surface area contributed by atoms with Crippen molar-refractivity contribution in [1.29, 1.82) is 0 Å². The van der Waals surface area contributed by atoms with Crippen LogP contribution in [0.15, 0.2) is 48.9 Å². The largest absolute Gasteiger partial charge is 0.359 e. The van der Waals surface area contributed by atoms with E-state index in [4.69, 9.17) is 4.98 Å². The second-order valence-corrected chi connectivity index (χ2v) is 8.31. The third-order valence-electron chi connectivity index (χ3n) is 5.73. The Morgan fingerprint density at radius 3 is 2.73 bits per heavy atom. The van der Waals surface area contributed by atoms with Gasteiger partial charge < -0.3 is 20.5 Å². The molecule has 3 aromatic heterocycles. The Labute approximate surface area is 190 Å². The summed E-state index contributed by atoms with van der Waals surface area (Å²) in [5.41, 5.74) is 4.15. The number of carbonyl (C=O) groups is 1. The van der Waals surface area contributed by atoms with Crippen molar-refractivity contribution in [2.24, 2.45) is 0 Å². The Hall–Kier alpha value is -4.01. The number of carbonyl (C=O) groups excluding carboxylic acids is 1. The molecule has 4 aromatic rings. The molecule has 0 bridgehead atoms. The van der Waals surface area contributed by atoms with Crippen LogP contribution in [0.2, 0.25) is 0 Å². The first-order valence-corrected chi connectivity index (χ1v) is 10.9. The maximum Gasteiger partial charge on any atom is 0.239 e. The minimum absolute atomic E-state index is 0.00386. The molecular weight excluding hydrogens is 421 g/mol. The van der Waals surface area contributed by atoms with Gasteiger partial charge in [-0.3, -0.25) is 4.79 Å². The van der Waals surface area contributed by atoms with Gasteiger partial charge in [0.15, 0.2) is 5.82 Å². The quantitative estimate of drug-likeness (QED) is 0.430. The van der Waals surface area contributed by atoms with Gasteiger partial charge in [-0.05, 0) is 36.2 Å². The van der Waals surface area contributed by atoms with E-state index < -0.39 is 0 Å². The fraction of sp³-hybridized carbons (Fsp3) is 0.250. The summed E-state index contributed by atoms with van der Waals surface area (Å²) in [5, 5.41) is 7.23. The monoisotopic (exact) mass is 445 g/mol. The lowest BCUT2D eigenvalue weighted by molar-refractivity contribution is -0.120. The van der Waals surface area contributed by atoms with E-state index in [1.165, 1.54) is 12.1 Å². The molecule has 1 saturated heterocycles. The zero-order valence-corrected chi connectivity index (χ0v) is 18.4. The second kappa shape index (κ2) is 8.50. The van der Waals surface area contributed by atoms with Crippen LogP contribution >= 0.6 is 0 Å². The predicted octanol–water partition coefficient (Wildman–Crippen LogP) is 3.96. The summed E-state index contributed by atoms with van der Waals surface area (Å²) in [7, 11) is 0. The molecule has 1 amide bonds. The highest BCUT2D eigenvalue weighted by Crippen LogP contribution is 2.35. The first-order valence-electron chi connectivity index (χ1n) is 10.9. The van der Waals surface area contributed by atoms with Crippen molar-refractivity contribution in [3.63, 3.8) is 0 Å². The molecule has 3 N–H and O–H groups in total. The average molecular weight is 446 g/mol. The number of halogens is 1. The van der Waals surface area contributed by atoms with E-state index in [-0.39, 0.29) is 17.6 Å². The van der Waals surface area contributed by atoms with Crippen molar-refractivity contribution in [1.82, 2.24) is 25.3 Å². The van der Waals surface area contributed by atoms with Crippen molar-refractivity contribution >= 4 is 34.1 Å². The first kappa shape index (κ1) is 20.9. The average Bonchev–Trinajstić information content (AvgIpc) is 3.25. The lowest BCUT2D eigenvalue weighted by atomic mass is 10.1. The Morgan fingerprint density at radius 1 is 1.15 bits per heavy atom. The third kappa shape index (κ3) is 4.09. The number of anilines is 3. The highest BCUT2D eigenvalue weighted by atomic mass is 19.1. The number of benzene rings is 1. The summed E-state index contributed by atoms with van der Waals surface area (Å²) in [4.78, 5) is 31.0. The molecule has 0 radical (unpaired) electrons. The Morgan fingerprint density at radius 2 is 1.97 bits per heavy atom. The number of amides is 1. The molecule has 0 atom stereocenters. The number of nitrogens with zero attached hydrogens (tertiary/aromatic N) is 4. The standard InChI is InChI=1S/C24H24FN7O/c1-14(2)17-11-28-22(15-3-5-16(25)6-4-15)31-23(17)30-18-7-8-27-24-21(18)19(12-29-24)32-10-9-26-20(33)13-32/h3-8,11-12,14H,9-10,13H2,1-2H3,(H,26,33)(H2,27,28,29,30,31). The number of aromatic nitrogens is 4. The molecule has 0 aliphatic carbocycles. The van der Waals surface area contributed by atoms with Crippen molar-refractivity contribution in [2.75, 3.05) is 29.9 Å². The van der Waals surface area contributed by atoms with E-state index in [0.717, 1.165) is 33.5 Å². The summed E-state index contributed by atoms with van der Waals surface area (Å²) >= 11 is 0. The van der Waals surface area contributed by atoms with Crippen LogP contribution in [-0.2, 0) is 4.79 Å². The molecule has 8 nitrogen and oxygen atoms in total. The summed E-state index contributed by atoms with van der Waals surface area (Å²) in [5.74, 6) is 1.06. The van der Waals surface area contributed by atoms with E-state index in [1.807, 2.05) is 23.4 Å². The van der Waals surface area contributed by atoms with Crippen molar-refractivity contribution in [2.45, 2.75) is 19.8 Å². The van der Waals surface area contributed by atoms with Crippen LogP contribution in [-0.4, -0.2) is 45.5 Å². The molecule has 0 saturated carbocycles. The van der Waals surface area contributed by atoms with Crippen LogP contribution in [0, 0.1) is 5.82 Å². The van der Waals surface area contributed by atoms with E-state index in [0.29, 0.717) is 31.3 Å². The van der Waals surface area contributed by atoms with Gasteiger partial charge in [-0.2, -0.15) is 0 Å². The van der Waals surface area contributed by atoms with Gasteiger partial charge in [0.1, 0.15) is 17.3 Å². The summed E-state index contributed by atoms with van der Waals surface area (Å²) < 4.78 is 13.4. The van der Waals surface area contributed by atoms with Crippen molar-refractivity contribution in [3.05, 3.63) is 60.3 Å². The number of aromatic amines is 1. The van der Waals surface area contributed by atoms with Gasteiger partial charge in [0, 0.05) is 42.8 Å². The Bertz CT molecular complexity index is 1320. The first-order chi connectivity index (χ1) is 16.0. The topological polar surface area (TPSA) is 98.8 Å². The van der Waals surface area contributed by atoms with Gasteiger partial charge >= 0.3 is 0 Å². The fourth-order valence-electron chi connectivity index (χ4n) is 4.02. The maximum atomic E-state index is 13.4. The van der Waals surface area contributed by atoms with Crippen LogP contribution in [0.4, 0.5) is 21.6 Å². The number of rotatable bonds is 5. The molecule has 1 fully saturated rings. The molecule has 0 unspecified atom stereocenters. The number of pyridine rings is 1. The van der Waals surface area contributed by atoms with E-state index in [2.05, 4.69) is 39.4 Å². The number of nitrogens with one attached hydrogen (secondary N) is 3. The van der Waals surface area contributed by atoms with Crippen LogP contribution < -0.4 is 15.5 Å². The highest BCUT2D eigenvalue weighted by molar-refractivity contribution is 6.02. The number of hydrogen-bond acceptors (Lipinski definition) is 6. The molecule has 33 heavy (non-hydrogen) atoms. The van der Waals surface area contributed by atoms with Crippen LogP contribution in [0.1, 0.15) is 25.3 Å². The SMILES string of the molecule is CC(C)c1cnc(-c2ccc(F)cc2)nc1Nc1ccnc2[nH]cc(N3CCNC(=O)C3)c12. The lowest BCUT2D eigenvalue weighted by Gasteiger charge is -2.28. The Balaban J connectivity index is 1.57. The maximum absolute atomic E-state index is 13.4. The molecule has 168 valence electrons. The minimum atomic E-state index is -0.304. The molecule has 5 rings (SSSR count). The van der Waals surface area contributed by atoms with Gasteiger partial charge in [0.2, 0.25) is 5.91 Å². The number of piperazine rings is 1. The smallest absolute Gasteiger partial charge is 0.239 e. The highest BCUT2D eigenvalue weighted by Gasteiger charge is 2.22. The predicted molar refractivity (Wildman–Crippen MR) is 126 cm³/mol. The van der Waals surface area contributed by atoms with Crippen LogP contribution in [0.25, 0.3) is 22.4 Å².